The highest BCUT2D eigenvalue weighted by Gasteiger charge is 2.39. The van der Waals surface area contributed by atoms with Gasteiger partial charge in [-0.05, 0) is 31.1 Å². The molecule has 0 aromatic rings. The van der Waals surface area contributed by atoms with Crippen LogP contribution in [0.25, 0.3) is 0 Å². The third kappa shape index (κ3) is 3.87. The minimum atomic E-state index is 0.104. The van der Waals surface area contributed by atoms with E-state index >= 15 is 0 Å². The van der Waals surface area contributed by atoms with E-state index < -0.39 is 0 Å². The van der Waals surface area contributed by atoms with Crippen LogP contribution in [0.2, 0.25) is 0 Å². The van der Waals surface area contributed by atoms with Crippen molar-refractivity contribution in [2.24, 2.45) is 11.8 Å². The first-order valence-electron chi connectivity index (χ1n) is 9.32. The fraction of sp³-hybridized carbons (Fsp3) is 0.889. The maximum Gasteiger partial charge on any atom is 0.223 e. The molecular formula is C18H30N2O3. The highest BCUT2D eigenvalue weighted by molar-refractivity contribution is 5.84. The van der Waals surface area contributed by atoms with Gasteiger partial charge in [0, 0.05) is 38.5 Å². The van der Waals surface area contributed by atoms with Crippen molar-refractivity contribution in [3.63, 3.8) is 0 Å². The minimum absolute atomic E-state index is 0.104. The van der Waals surface area contributed by atoms with Crippen LogP contribution in [0.15, 0.2) is 0 Å². The van der Waals surface area contributed by atoms with Gasteiger partial charge in [-0.25, -0.2) is 0 Å². The van der Waals surface area contributed by atoms with E-state index in [9.17, 15) is 9.59 Å². The van der Waals surface area contributed by atoms with Crippen molar-refractivity contribution >= 4 is 11.8 Å². The Hall–Kier alpha value is -1.10. The van der Waals surface area contributed by atoms with Crippen molar-refractivity contribution < 1.29 is 14.3 Å². The smallest absolute Gasteiger partial charge is 0.223 e. The van der Waals surface area contributed by atoms with E-state index in [4.69, 9.17) is 4.74 Å². The molecule has 3 aliphatic rings. The maximum atomic E-state index is 12.7. The second kappa shape index (κ2) is 7.65. The number of hydrogen-bond donors (Lipinski definition) is 0. The van der Waals surface area contributed by atoms with Gasteiger partial charge in [0.2, 0.25) is 11.8 Å². The summed E-state index contributed by atoms with van der Waals surface area (Å²) in [4.78, 5) is 28.8. The molecule has 3 fully saturated rings. The lowest BCUT2D eigenvalue weighted by atomic mass is 9.72. The Morgan fingerprint density at radius 2 is 1.65 bits per heavy atom. The number of nitrogens with zero attached hydrogens (tertiary/aromatic N) is 2. The molecule has 0 bridgehead atoms. The van der Waals surface area contributed by atoms with Gasteiger partial charge in [0.25, 0.3) is 0 Å². The second-order valence-corrected chi connectivity index (χ2v) is 7.36. The summed E-state index contributed by atoms with van der Waals surface area (Å²) in [7, 11) is 0. The number of likely N-dealkylation sites (tertiary alicyclic amines) is 1. The number of amides is 2. The van der Waals surface area contributed by atoms with Gasteiger partial charge in [-0.1, -0.05) is 19.8 Å². The molecule has 0 spiro atoms. The van der Waals surface area contributed by atoms with Gasteiger partial charge in [0.05, 0.1) is 13.2 Å². The van der Waals surface area contributed by atoms with Gasteiger partial charge in [-0.15, -0.1) is 0 Å². The highest BCUT2D eigenvalue weighted by Crippen LogP contribution is 2.39. The summed E-state index contributed by atoms with van der Waals surface area (Å²) in [6.07, 6.45) is 6.80. The number of morpholine rings is 1. The molecule has 0 unspecified atom stereocenters. The van der Waals surface area contributed by atoms with E-state index in [-0.39, 0.29) is 11.8 Å². The summed E-state index contributed by atoms with van der Waals surface area (Å²) in [6, 6.07) is 0.429. The molecule has 3 rings (SSSR count). The Bertz CT molecular complexity index is 434. The molecule has 2 heterocycles. The molecular weight excluding hydrogens is 292 g/mol. The molecule has 130 valence electrons. The highest BCUT2D eigenvalue weighted by atomic mass is 16.5. The number of hydrogen-bond acceptors (Lipinski definition) is 3. The first-order valence-corrected chi connectivity index (χ1v) is 9.32. The van der Waals surface area contributed by atoms with E-state index in [1.54, 1.807) is 0 Å². The maximum absolute atomic E-state index is 12.7. The largest absolute Gasteiger partial charge is 0.378 e. The van der Waals surface area contributed by atoms with Gasteiger partial charge < -0.3 is 14.5 Å². The molecule has 5 heteroatoms. The fourth-order valence-corrected chi connectivity index (χ4v) is 4.55. The van der Waals surface area contributed by atoms with Crippen LogP contribution >= 0.6 is 0 Å². The molecule has 2 aliphatic heterocycles. The monoisotopic (exact) mass is 322 g/mol. The lowest BCUT2D eigenvalue weighted by molar-refractivity contribution is -0.143. The van der Waals surface area contributed by atoms with Crippen molar-refractivity contribution in [3.8, 4) is 0 Å². The Labute approximate surface area is 139 Å². The number of ether oxygens (including phenoxy) is 1. The summed E-state index contributed by atoms with van der Waals surface area (Å²) < 4.78 is 5.27. The fourth-order valence-electron chi connectivity index (χ4n) is 4.55. The molecule has 1 saturated carbocycles. The first-order chi connectivity index (χ1) is 11.2. The quantitative estimate of drug-likeness (QED) is 0.799. The van der Waals surface area contributed by atoms with Crippen molar-refractivity contribution in [2.75, 3.05) is 32.8 Å². The number of fused-ring (bicyclic) bond motifs is 1. The lowest BCUT2D eigenvalue weighted by Gasteiger charge is -2.47. The summed E-state index contributed by atoms with van der Waals surface area (Å²) in [5.74, 6) is 1.71. The van der Waals surface area contributed by atoms with Crippen LogP contribution in [0.3, 0.4) is 0 Å². The van der Waals surface area contributed by atoms with E-state index in [0.717, 1.165) is 25.3 Å². The van der Waals surface area contributed by atoms with Crippen molar-refractivity contribution in [1.29, 1.82) is 0 Å². The summed E-state index contributed by atoms with van der Waals surface area (Å²) in [5.41, 5.74) is 0. The van der Waals surface area contributed by atoms with Gasteiger partial charge in [0.1, 0.15) is 0 Å². The predicted molar refractivity (Wildman–Crippen MR) is 87.9 cm³/mol. The molecule has 0 N–H and O–H groups in total. The van der Waals surface area contributed by atoms with Gasteiger partial charge in [0.15, 0.2) is 0 Å². The molecule has 2 saturated heterocycles. The third-order valence-corrected chi connectivity index (χ3v) is 5.98. The lowest BCUT2D eigenvalue weighted by Crippen LogP contribution is -2.52. The second-order valence-electron chi connectivity index (χ2n) is 7.36. The SMILES string of the molecule is C[C@@H]1CCN(C(=O)CCC(=O)N2CCOCC2)[C@@H]2CCCC[C@@H]12. The van der Waals surface area contributed by atoms with E-state index in [0.29, 0.717) is 51.1 Å². The van der Waals surface area contributed by atoms with Gasteiger partial charge >= 0.3 is 0 Å². The Morgan fingerprint density at radius 1 is 0.957 bits per heavy atom. The minimum Gasteiger partial charge on any atom is -0.378 e. The van der Waals surface area contributed by atoms with Crippen molar-refractivity contribution in [3.05, 3.63) is 0 Å². The van der Waals surface area contributed by atoms with Gasteiger partial charge in [-0.3, -0.25) is 9.59 Å². The Kier molecular flexibility index (Phi) is 5.57. The normalized spacial score (nSPS) is 31.6. The van der Waals surface area contributed by atoms with Crippen LogP contribution in [0.5, 0.6) is 0 Å². The van der Waals surface area contributed by atoms with E-state index in [1.807, 2.05) is 4.90 Å². The van der Waals surface area contributed by atoms with E-state index in [2.05, 4.69) is 11.8 Å². The molecule has 2 amide bonds. The topological polar surface area (TPSA) is 49.9 Å². The molecule has 0 aromatic heterocycles. The first kappa shape index (κ1) is 16.7. The summed E-state index contributed by atoms with van der Waals surface area (Å²) in [6.45, 7) is 5.79. The van der Waals surface area contributed by atoms with Crippen LogP contribution in [0.1, 0.15) is 51.9 Å². The zero-order chi connectivity index (χ0) is 16.2. The van der Waals surface area contributed by atoms with Crippen LogP contribution in [0.4, 0.5) is 0 Å². The Balaban J connectivity index is 1.52. The van der Waals surface area contributed by atoms with Crippen LogP contribution < -0.4 is 0 Å². The molecule has 0 radical (unpaired) electrons. The summed E-state index contributed by atoms with van der Waals surface area (Å²) in [5, 5.41) is 0. The zero-order valence-corrected chi connectivity index (χ0v) is 14.3. The molecule has 3 atom stereocenters. The Morgan fingerprint density at radius 3 is 2.43 bits per heavy atom. The van der Waals surface area contributed by atoms with E-state index in [1.165, 1.54) is 19.3 Å². The zero-order valence-electron chi connectivity index (χ0n) is 14.3. The predicted octanol–water partition coefficient (Wildman–Crippen LogP) is 2.05. The summed E-state index contributed by atoms with van der Waals surface area (Å²) >= 11 is 0. The van der Waals surface area contributed by atoms with Crippen LogP contribution in [-0.4, -0.2) is 60.5 Å². The number of carbonyl (C=O) groups is 2. The average molecular weight is 322 g/mol. The van der Waals surface area contributed by atoms with Crippen LogP contribution in [0, 0.1) is 11.8 Å². The molecule has 0 aromatic carbocycles. The molecule has 23 heavy (non-hydrogen) atoms. The number of carbonyl (C=O) groups excluding carboxylic acids is 2. The van der Waals surface area contributed by atoms with Crippen LogP contribution in [-0.2, 0) is 14.3 Å². The number of piperidine rings is 1. The average Bonchev–Trinajstić information content (AvgIpc) is 2.60. The number of rotatable bonds is 3. The molecule has 1 aliphatic carbocycles. The molecule has 5 nitrogen and oxygen atoms in total. The standard InChI is InChI=1S/C18H30N2O3/c1-14-8-9-20(16-5-3-2-4-15(14)16)18(22)7-6-17(21)19-10-12-23-13-11-19/h14-16H,2-13H2,1H3/t14-,15+,16-/m1/s1. The van der Waals surface area contributed by atoms with Crippen molar-refractivity contribution in [2.45, 2.75) is 57.9 Å². The van der Waals surface area contributed by atoms with Gasteiger partial charge in [-0.2, -0.15) is 0 Å². The third-order valence-electron chi connectivity index (χ3n) is 5.98. The van der Waals surface area contributed by atoms with Crippen molar-refractivity contribution in [1.82, 2.24) is 9.80 Å².